The third-order valence-corrected chi connectivity index (χ3v) is 5.43. The number of methoxy groups -OCH3 is 1. The number of benzene rings is 1. The minimum atomic E-state index is 0.195. The van der Waals surface area contributed by atoms with E-state index in [1.54, 1.807) is 7.11 Å². The van der Waals surface area contributed by atoms with E-state index in [4.69, 9.17) is 4.74 Å². The van der Waals surface area contributed by atoms with Crippen LogP contribution in [-0.2, 0) is 11.2 Å². The summed E-state index contributed by atoms with van der Waals surface area (Å²) >= 11 is 0. The third-order valence-electron chi connectivity index (χ3n) is 5.43. The topological polar surface area (TPSA) is 75.9 Å². The fourth-order valence-corrected chi connectivity index (χ4v) is 3.81. The summed E-state index contributed by atoms with van der Waals surface area (Å²) in [6.07, 6.45) is 1.23. The molecule has 1 fully saturated rings. The summed E-state index contributed by atoms with van der Waals surface area (Å²) in [4.78, 5) is 21.4. The van der Waals surface area contributed by atoms with Crippen molar-refractivity contribution in [3.63, 3.8) is 0 Å². The number of nitrogens with zero attached hydrogens (tertiary/aromatic N) is 6. The lowest BCUT2D eigenvalue weighted by Crippen LogP contribution is -2.49. The first-order valence-corrected chi connectivity index (χ1v) is 9.90. The number of rotatable bonds is 5. The molecule has 4 rings (SSSR count). The predicted molar refractivity (Wildman–Crippen MR) is 110 cm³/mol. The second-order valence-electron chi connectivity index (χ2n) is 7.36. The number of aromatic nitrogens is 4. The number of carbonyl (C=O) groups is 1. The molecule has 1 aromatic carbocycles. The Hall–Kier alpha value is -3.16. The van der Waals surface area contributed by atoms with E-state index < -0.39 is 0 Å². The Morgan fingerprint density at radius 3 is 2.66 bits per heavy atom. The maximum absolute atomic E-state index is 12.6. The predicted octanol–water partition coefficient (Wildman–Crippen LogP) is 2.03. The molecule has 1 amide bonds. The maximum atomic E-state index is 12.6. The van der Waals surface area contributed by atoms with E-state index in [2.05, 4.69) is 26.1 Å². The van der Waals surface area contributed by atoms with Gasteiger partial charge >= 0.3 is 0 Å². The average molecular weight is 394 g/mol. The van der Waals surface area contributed by atoms with Gasteiger partial charge in [-0.05, 0) is 38.0 Å². The Kier molecular flexibility index (Phi) is 5.33. The number of carbonyl (C=O) groups excluding carboxylic acids is 1. The normalized spacial score (nSPS) is 14.4. The lowest BCUT2D eigenvalue weighted by molar-refractivity contribution is -0.131. The van der Waals surface area contributed by atoms with Crippen LogP contribution in [0.25, 0.3) is 5.78 Å². The van der Waals surface area contributed by atoms with Gasteiger partial charge in [0.15, 0.2) is 0 Å². The average Bonchev–Trinajstić information content (AvgIpc) is 3.13. The number of fused-ring (bicyclic) bond motifs is 1. The van der Waals surface area contributed by atoms with Gasteiger partial charge in [0.1, 0.15) is 17.4 Å². The zero-order chi connectivity index (χ0) is 20.4. The van der Waals surface area contributed by atoms with Crippen LogP contribution in [0.4, 0.5) is 5.82 Å². The highest BCUT2D eigenvalue weighted by Crippen LogP contribution is 2.19. The summed E-state index contributed by atoms with van der Waals surface area (Å²) in [6, 6.07) is 9.95. The Bertz CT molecular complexity index is 1020. The Labute approximate surface area is 170 Å². The molecule has 0 spiro atoms. The molecular weight excluding hydrogens is 368 g/mol. The van der Waals surface area contributed by atoms with Gasteiger partial charge in [-0.1, -0.05) is 12.1 Å². The van der Waals surface area contributed by atoms with Gasteiger partial charge in [0, 0.05) is 44.4 Å². The van der Waals surface area contributed by atoms with Crippen LogP contribution >= 0.6 is 0 Å². The van der Waals surface area contributed by atoms with Crippen molar-refractivity contribution in [3.05, 3.63) is 47.4 Å². The summed E-state index contributed by atoms with van der Waals surface area (Å²) in [7, 11) is 1.65. The molecule has 2 aromatic heterocycles. The summed E-state index contributed by atoms with van der Waals surface area (Å²) in [5, 5.41) is 8.25. The molecule has 0 atom stereocenters. The molecule has 29 heavy (non-hydrogen) atoms. The molecule has 8 nitrogen and oxygen atoms in total. The molecular formula is C21H26N6O2. The number of hydrogen-bond donors (Lipinski definition) is 0. The van der Waals surface area contributed by atoms with Crippen molar-refractivity contribution in [2.45, 2.75) is 26.7 Å². The van der Waals surface area contributed by atoms with Crippen LogP contribution in [0.5, 0.6) is 5.75 Å². The molecule has 3 aromatic rings. The summed E-state index contributed by atoms with van der Waals surface area (Å²) in [5.74, 6) is 3.37. The fraction of sp³-hybridized carbons (Fsp3) is 0.429. The number of anilines is 1. The quantitative estimate of drug-likeness (QED) is 0.659. The van der Waals surface area contributed by atoms with Crippen molar-refractivity contribution in [3.8, 4) is 5.75 Å². The van der Waals surface area contributed by atoms with Crippen LogP contribution in [0, 0.1) is 13.8 Å². The third kappa shape index (κ3) is 4.01. The fourth-order valence-electron chi connectivity index (χ4n) is 3.81. The Morgan fingerprint density at radius 2 is 1.90 bits per heavy atom. The van der Waals surface area contributed by atoms with Crippen LogP contribution in [-0.4, -0.2) is 63.7 Å². The highest BCUT2D eigenvalue weighted by molar-refractivity contribution is 5.76. The zero-order valence-electron chi connectivity index (χ0n) is 17.1. The Morgan fingerprint density at radius 1 is 1.10 bits per heavy atom. The van der Waals surface area contributed by atoms with Crippen LogP contribution in [0.3, 0.4) is 0 Å². The number of aryl methyl sites for hydroxylation is 3. The molecule has 0 aliphatic carbocycles. The first-order valence-electron chi connectivity index (χ1n) is 9.90. The Balaban J connectivity index is 1.34. The molecule has 0 unspecified atom stereocenters. The maximum Gasteiger partial charge on any atom is 0.257 e. The zero-order valence-corrected chi connectivity index (χ0v) is 17.1. The van der Waals surface area contributed by atoms with Gasteiger partial charge < -0.3 is 14.5 Å². The van der Waals surface area contributed by atoms with E-state index in [0.29, 0.717) is 25.3 Å². The molecule has 1 aliphatic rings. The van der Waals surface area contributed by atoms with Crippen LogP contribution < -0.4 is 9.64 Å². The molecule has 8 heteroatoms. The second-order valence-corrected chi connectivity index (χ2v) is 7.36. The van der Waals surface area contributed by atoms with Gasteiger partial charge in [-0.15, -0.1) is 10.2 Å². The van der Waals surface area contributed by atoms with Crippen molar-refractivity contribution in [1.29, 1.82) is 0 Å². The lowest BCUT2D eigenvalue weighted by atomic mass is 10.1. The SMILES string of the molecule is COc1cccc(CCC(=O)N2CCN(c3cc(C)n4c(C)nnc4n3)CC2)c1. The highest BCUT2D eigenvalue weighted by atomic mass is 16.5. The second kappa shape index (κ2) is 8.06. The minimum absolute atomic E-state index is 0.195. The summed E-state index contributed by atoms with van der Waals surface area (Å²) in [5.41, 5.74) is 2.18. The number of piperazine rings is 1. The van der Waals surface area contributed by atoms with E-state index in [1.165, 1.54) is 0 Å². The standard InChI is InChI=1S/C21H26N6O2/c1-15-13-19(22-21-24-23-16(2)27(15)21)25-9-11-26(12-10-25)20(28)8-7-17-5-4-6-18(14-17)29-3/h4-6,13-14H,7-12H2,1-3H3. The van der Waals surface area contributed by atoms with Crippen LogP contribution in [0.2, 0.25) is 0 Å². The molecule has 0 saturated carbocycles. The van der Waals surface area contributed by atoms with Crippen molar-refractivity contribution in [1.82, 2.24) is 24.5 Å². The van der Waals surface area contributed by atoms with E-state index in [9.17, 15) is 4.79 Å². The molecule has 152 valence electrons. The molecule has 0 radical (unpaired) electrons. The number of ether oxygens (including phenoxy) is 1. The monoisotopic (exact) mass is 394 g/mol. The van der Waals surface area contributed by atoms with Crippen molar-refractivity contribution >= 4 is 17.5 Å². The number of amides is 1. The molecule has 1 saturated heterocycles. The largest absolute Gasteiger partial charge is 0.497 e. The van der Waals surface area contributed by atoms with Crippen LogP contribution in [0.15, 0.2) is 30.3 Å². The van der Waals surface area contributed by atoms with Gasteiger partial charge in [-0.3, -0.25) is 9.20 Å². The van der Waals surface area contributed by atoms with Crippen molar-refractivity contribution in [2.75, 3.05) is 38.2 Å². The first-order chi connectivity index (χ1) is 14.0. The van der Waals surface area contributed by atoms with E-state index in [0.717, 1.165) is 48.2 Å². The number of hydrogen-bond acceptors (Lipinski definition) is 6. The summed E-state index contributed by atoms with van der Waals surface area (Å²) in [6.45, 7) is 6.89. The summed E-state index contributed by atoms with van der Waals surface area (Å²) < 4.78 is 7.20. The van der Waals surface area contributed by atoms with Gasteiger partial charge in [0.2, 0.25) is 5.91 Å². The van der Waals surface area contributed by atoms with Crippen molar-refractivity contribution in [2.24, 2.45) is 0 Å². The first kappa shape index (κ1) is 19.2. The van der Waals surface area contributed by atoms with Crippen molar-refractivity contribution < 1.29 is 9.53 Å². The minimum Gasteiger partial charge on any atom is -0.497 e. The molecule has 1 aliphatic heterocycles. The molecule has 0 N–H and O–H groups in total. The van der Waals surface area contributed by atoms with Crippen LogP contribution in [0.1, 0.15) is 23.5 Å². The van der Waals surface area contributed by atoms with Gasteiger partial charge in [0.05, 0.1) is 7.11 Å². The van der Waals surface area contributed by atoms with Gasteiger partial charge in [-0.2, -0.15) is 4.98 Å². The van der Waals surface area contributed by atoms with E-state index in [-0.39, 0.29) is 5.91 Å². The van der Waals surface area contributed by atoms with E-state index in [1.807, 2.05) is 47.4 Å². The molecule has 0 bridgehead atoms. The highest BCUT2D eigenvalue weighted by Gasteiger charge is 2.22. The van der Waals surface area contributed by atoms with E-state index >= 15 is 0 Å². The molecule has 3 heterocycles. The smallest absolute Gasteiger partial charge is 0.257 e. The van der Waals surface area contributed by atoms with Gasteiger partial charge in [0.25, 0.3) is 5.78 Å². The lowest BCUT2D eigenvalue weighted by Gasteiger charge is -2.35. The van der Waals surface area contributed by atoms with Gasteiger partial charge in [-0.25, -0.2) is 0 Å².